The number of anilines is 1. The minimum Gasteiger partial charge on any atom is -0.335 e. The molecule has 6 rings (SSSR count). The number of aromatic nitrogens is 1. The van der Waals surface area contributed by atoms with Gasteiger partial charge in [-0.2, -0.15) is 13.2 Å². The van der Waals surface area contributed by atoms with Crippen LogP contribution >= 0.6 is 0 Å². The average molecular weight is 644 g/mol. The van der Waals surface area contributed by atoms with Crippen LogP contribution in [0.25, 0.3) is 11.1 Å². The summed E-state index contributed by atoms with van der Waals surface area (Å²) in [6.45, 7) is 7.51. The van der Waals surface area contributed by atoms with Gasteiger partial charge in [-0.1, -0.05) is 42.5 Å². The maximum atomic E-state index is 14.1. The zero-order valence-electron chi connectivity index (χ0n) is 27.1. The van der Waals surface area contributed by atoms with Gasteiger partial charge in [-0.3, -0.25) is 14.5 Å². The van der Waals surface area contributed by atoms with E-state index >= 15 is 0 Å². The fourth-order valence-corrected chi connectivity index (χ4v) is 6.69. The molecule has 0 atom stereocenters. The van der Waals surface area contributed by atoms with E-state index in [4.69, 9.17) is 0 Å². The van der Waals surface area contributed by atoms with Gasteiger partial charge in [0.15, 0.2) is 0 Å². The summed E-state index contributed by atoms with van der Waals surface area (Å²) in [5.74, 6) is -0.268. The summed E-state index contributed by atoms with van der Waals surface area (Å²) < 4.78 is 43.3. The van der Waals surface area contributed by atoms with E-state index < -0.39 is 11.7 Å². The van der Waals surface area contributed by atoms with Crippen LogP contribution in [0.1, 0.15) is 49.7 Å². The number of carbonyl (C=O) groups excluding carboxylic acids is 2. The fraction of sp³-hybridized carbons (Fsp3) is 0.351. The number of aryl methyl sites for hydroxylation is 1. The van der Waals surface area contributed by atoms with Crippen molar-refractivity contribution in [3.8, 4) is 11.1 Å². The normalized spacial score (nSPS) is 15.4. The number of alkyl halides is 3. The molecule has 0 bridgehead atoms. The van der Waals surface area contributed by atoms with Gasteiger partial charge in [-0.15, -0.1) is 0 Å². The van der Waals surface area contributed by atoms with Gasteiger partial charge >= 0.3 is 6.18 Å². The smallest absolute Gasteiger partial charge is 0.335 e. The lowest BCUT2D eigenvalue weighted by Gasteiger charge is -2.35. The van der Waals surface area contributed by atoms with Crippen LogP contribution in [0.4, 0.5) is 18.9 Å². The summed E-state index contributed by atoms with van der Waals surface area (Å²) in [4.78, 5) is 36.2. The largest absolute Gasteiger partial charge is 0.417 e. The first-order valence-electron chi connectivity index (χ1n) is 16.0. The van der Waals surface area contributed by atoms with Gasteiger partial charge in [0.2, 0.25) is 0 Å². The Bertz CT molecular complexity index is 1770. The van der Waals surface area contributed by atoms with Crippen molar-refractivity contribution in [1.29, 1.82) is 0 Å². The Labute approximate surface area is 273 Å². The molecule has 4 aromatic rings. The Morgan fingerprint density at radius 1 is 0.809 bits per heavy atom. The number of rotatable bonds is 7. The van der Waals surface area contributed by atoms with Crippen LogP contribution in [0.2, 0.25) is 0 Å². The Morgan fingerprint density at radius 3 is 2.26 bits per heavy atom. The summed E-state index contributed by atoms with van der Waals surface area (Å²) in [6, 6.07) is 21.8. The van der Waals surface area contributed by atoms with Crippen LogP contribution in [0.3, 0.4) is 0 Å². The van der Waals surface area contributed by atoms with Crippen molar-refractivity contribution in [2.75, 3.05) is 58.3 Å². The lowest BCUT2D eigenvalue weighted by molar-refractivity contribution is -0.137. The number of amides is 2. The van der Waals surface area contributed by atoms with Crippen molar-refractivity contribution in [1.82, 2.24) is 19.3 Å². The second-order valence-electron chi connectivity index (χ2n) is 12.7. The molecule has 1 fully saturated rings. The van der Waals surface area contributed by atoms with E-state index in [-0.39, 0.29) is 23.9 Å². The molecule has 0 spiro atoms. The topological polar surface area (TPSA) is 52.0 Å². The summed E-state index contributed by atoms with van der Waals surface area (Å²) in [6.07, 6.45) is -3.40. The van der Waals surface area contributed by atoms with Gasteiger partial charge < -0.3 is 19.3 Å². The maximum Gasteiger partial charge on any atom is 0.417 e. The fourth-order valence-electron chi connectivity index (χ4n) is 6.69. The van der Waals surface area contributed by atoms with E-state index in [1.54, 1.807) is 36.1 Å². The van der Waals surface area contributed by atoms with Crippen LogP contribution in [-0.2, 0) is 19.3 Å². The van der Waals surface area contributed by atoms with E-state index in [1.165, 1.54) is 12.1 Å². The number of fused-ring (bicyclic) bond motifs is 2. The van der Waals surface area contributed by atoms with Gasteiger partial charge in [0, 0.05) is 43.1 Å². The highest BCUT2D eigenvalue weighted by Crippen LogP contribution is 2.38. The molecule has 3 heterocycles. The predicted octanol–water partition coefficient (Wildman–Crippen LogP) is 6.40. The first-order valence-corrected chi connectivity index (χ1v) is 16.0. The lowest BCUT2D eigenvalue weighted by Crippen LogP contribution is -2.49. The first-order chi connectivity index (χ1) is 22.5. The molecule has 0 unspecified atom stereocenters. The van der Waals surface area contributed by atoms with Crippen LogP contribution in [0, 0.1) is 6.92 Å². The zero-order chi connectivity index (χ0) is 33.3. The van der Waals surface area contributed by atoms with Crippen LogP contribution < -0.4 is 4.90 Å². The van der Waals surface area contributed by atoms with Crippen molar-refractivity contribution < 1.29 is 22.8 Å². The van der Waals surface area contributed by atoms with Crippen molar-refractivity contribution >= 4 is 17.5 Å². The van der Waals surface area contributed by atoms with Crippen molar-refractivity contribution in [3.05, 3.63) is 113 Å². The Morgan fingerprint density at radius 2 is 1.53 bits per heavy atom. The molecule has 10 heteroatoms. The van der Waals surface area contributed by atoms with Crippen molar-refractivity contribution in [2.45, 2.75) is 32.6 Å². The molecule has 2 aliphatic heterocycles. The van der Waals surface area contributed by atoms with Gasteiger partial charge in [0.25, 0.3) is 11.8 Å². The van der Waals surface area contributed by atoms with Crippen molar-refractivity contribution in [3.63, 3.8) is 0 Å². The third-order valence-corrected chi connectivity index (χ3v) is 9.20. The second-order valence-corrected chi connectivity index (χ2v) is 12.7. The first kappa shape index (κ1) is 32.5. The van der Waals surface area contributed by atoms with Crippen LogP contribution in [0.15, 0.2) is 78.9 Å². The molecule has 1 aromatic heterocycles. The summed E-state index contributed by atoms with van der Waals surface area (Å²) in [7, 11) is 4.15. The highest BCUT2D eigenvalue weighted by Gasteiger charge is 2.34. The van der Waals surface area contributed by atoms with Gasteiger partial charge in [-0.25, -0.2) is 0 Å². The number of carbonyl (C=O) groups is 2. The molecule has 1 saturated heterocycles. The van der Waals surface area contributed by atoms with Crippen LogP contribution in [0.5, 0.6) is 0 Å². The molecule has 0 radical (unpaired) electrons. The van der Waals surface area contributed by atoms with E-state index in [0.717, 1.165) is 55.6 Å². The Hall–Kier alpha value is -4.41. The van der Waals surface area contributed by atoms with Crippen molar-refractivity contribution in [2.24, 2.45) is 0 Å². The summed E-state index contributed by atoms with van der Waals surface area (Å²) in [5, 5.41) is 0. The lowest BCUT2D eigenvalue weighted by atomic mass is 9.94. The molecule has 2 amide bonds. The summed E-state index contributed by atoms with van der Waals surface area (Å²) in [5.41, 5.74) is 3.85. The minimum absolute atomic E-state index is 0.00759. The number of hydrogen-bond donors (Lipinski definition) is 0. The SMILES string of the molecule is Cc1cc(C(=O)N2Cc3ccc(C(=O)N4CCN(CCCN(C)C)CC4)n3Cc3ccccc32)ccc1-c1ccccc1C(F)(F)F. The molecule has 3 aromatic carbocycles. The zero-order valence-corrected chi connectivity index (χ0v) is 27.1. The molecule has 0 N–H and O–H groups in total. The second kappa shape index (κ2) is 13.4. The molecule has 2 aliphatic rings. The predicted molar refractivity (Wildman–Crippen MR) is 178 cm³/mol. The van der Waals surface area contributed by atoms with Gasteiger partial charge in [0.05, 0.1) is 18.7 Å². The summed E-state index contributed by atoms with van der Waals surface area (Å²) >= 11 is 0. The van der Waals surface area contributed by atoms with E-state index in [9.17, 15) is 22.8 Å². The van der Waals surface area contributed by atoms with E-state index in [1.807, 2.05) is 45.9 Å². The van der Waals surface area contributed by atoms with Gasteiger partial charge in [-0.05, 0) is 99.2 Å². The molecule has 0 aliphatic carbocycles. The highest BCUT2D eigenvalue weighted by molar-refractivity contribution is 6.07. The third-order valence-electron chi connectivity index (χ3n) is 9.20. The van der Waals surface area contributed by atoms with Gasteiger partial charge in [0.1, 0.15) is 5.69 Å². The number of hydrogen-bond acceptors (Lipinski definition) is 4. The number of halogens is 3. The van der Waals surface area contributed by atoms with E-state index in [0.29, 0.717) is 42.0 Å². The molecular weight excluding hydrogens is 603 g/mol. The standard InChI is InChI=1S/C37H40F3N5O2/c1-26-23-27(13-15-30(26)31-10-5-6-11-32(31)37(38,39)40)35(46)45-25-29-14-16-34(44(29)24-28-9-4-7-12-33(28)45)36(47)43-21-19-42(20-22-43)18-8-17-41(2)3/h4-7,9-16,23H,8,17-22,24-25H2,1-3H3. The van der Waals surface area contributed by atoms with E-state index in [2.05, 4.69) is 23.9 Å². The number of piperazine rings is 1. The third kappa shape index (κ3) is 6.84. The Kier molecular flexibility index (Phi) is 9.25. The molecule has 7 nitrogen and oxygen atoms in total. The molecule has 0 saturated carbocycles. The molecule has 246 valence electrons. The molecular formula is C37H40F3N5O2. The Balaban J connectivity index is 1.24. The minimum atomic E-state index is -4.50. The monoisotopic (exact) mass is 643 g/mol. The quantitative estimate of drug-likeness (QED) is 0.234. The number of benzene rings is 3. The number of para-hydroxylation sites is 1. The number of nitrogens with zero attached hydrogens (tertiary/aromatic N) is 5. The maximum absolute atomic E-state index is 14.1. The highest BCUT2D eigenvalue weighted by atomic mass is 19.4. The average Bonchev–Trinajstić information content (AvgIpc) is 3.36. The molecule has 47 heavy (non-hydrogen) atoms. The van der Waals surface area contributed by atoms with Crippen LogP contribution in [-0.4, -0.2) is 84.4 Å².